The first-order chi connectivity index (χ1) is 12.2. The number of piperidine rings is 1. The molecule has 2 aliphatic heterocycles. The maximum absolute atomic E-state index is 13.7. The van der Waals surface area contributed by atoms with E-state index in [4.69, 9.17) is 9.47 Å². The van der Waals surface area contributed by atoms with Crippen molar-refractivity contribution in [2.24, 2.45) is 0 Å². The van der Waals surface area contributed by atoms with Gasteiger partial charge in [-0.1, -0.05) is 0 Å². The van der Waals surface area contributed by atoms with Crippen molar-refractivity contribution < 1.29 is 13.9 Å². The summed E-state index contributed by atoms with van der Waals surface area (Å²) in [6.07, 6.45) is 4.83. The van der Waals surface area contributed by atoms with Crippen LogP contribution in [0.4, 0.5) is 10.1 Å². The van der Waals surface area contributed by atoms with Gasteiger partial charge >= 0.3 is 0 Å². The van der Waals surface area contributed by atoms with Crippen LogP contribution in [0.2, 0.25) is 0 Å². The Kier molecular flexibility index (Phi) is 4.86. The molecule has 4 nitrogen and oxygen atoms in total. The lowest BCUT2D eigenvalue weighted by atomic mass is 10.0. The minimum absolute atomic E-state index is 0.214. The molecular formula is C20H25FN2O2. The van der Waals surface area contributed by atoms with Crippen molar-refractivity contribution in [1.29, 1.82) is 0 Å². The van der Waals surface area contributed by atoms with Crippen LogP contribution in [-0.2, 0) is 9.47 Å². The largest absolute Gasteiger partial charge is 0.376 e. The third kappa shape index (κ3) is 3.77. The molecule has 1 unspecified atom stereocenters. The predicted octanol–water partition coefficient (Wildman–Crippen LogP) is 3.85. The molecule has 0 amide bonds. The molecule has 1 aromatic carbocycles. The topological polar surface area (TPSA) is 34.6 Å². The molecule has 25 heavy (non-hydrogen) atoms. The lowest BCUT2D eigenvalue weighted by Gasteiger charge is -2.34. The Morgan fingerprint density at radius 3 is 2.84 bits per heavy atom. The first kappa shape index (κ1) is 16.7. The predicted molar refractivity (Wildman–Crippen MR) is 96.6 cm³/mol. The van der Waals surface area contributed by atoms with E-state index in [2.05, 4.69) is 16.0 Å². The normalized spacial score (nSPS) is 22.0. The summed E-state index contributed by atoms with van der Waals surface area (Å²) >= 11 is 0. The van der Waals surface area contributed by atoms with Crippen LogP contribution in [0, 0.1) is 12.7 Å². The molecule has 1 aromatic heterocycles. The number of fused-ring (bicyclic) bond motifs is 1. The molecule has 0 spiro atoms. The lowest BCUT2D eigenvalue weighted by molar-refractivity contribution is -0.0280. The molecule has 0 aliphatic carbocycles. The van der Waals surface area contributed by atoms with Gasteiger partial charge in [0.2, 0.25) is 0 Å². The number of aromatic nitrogens is 1. The zero-order chi connectivity index (χ0) is 17.2. The number of rotatable bonds is 4. The molecule has 0 bridgehead atoms. The van der Waals surface area contributed by atoms with Crippen molar-refractivity contribution in [1.82, 2.24) is 4.98 Å². The van der Waals surface area contributed by atoms with E-state index in [1.807, 2.05) is 6.92 Å². The van der Waals surface area contributed by atoms with E-state index < -0.39 is 0 Å². The summed E-state index contributed by atoms with van der Waals surface area (Å²) in [4.78, 5) is 6.86. The third-order valence-corrected chi connectivity index (χ3v) is 5.20. The van der Waals surface area contributed by atoms with Crippen LogP contribution in [0.1, 0.15) is 31.4 Å². The number of nitrogens with zero attached hydrogens (tertiary/aromatic N) is 2. The first-order valence-electron chi connectivity index (χ1n) is 9.24. The van der Waals surface area contributed by atoms with Crippen LogP contribution in [0.25, 0.3) is 10.9 Å². The summed E-state index contributed by atoms with van der Waals surface area (Å²) in [5, 5.41) is 0.893. The van der Waals surface area contributed by atoms with E-state index in [1.165, 1.54) is 6.07 Å². The zero-order valence-corrected chi connectivity index (χ0v) is 14.7. The van der Waals surface area contributed by atoms with Crippen LogP contribution < -0.4 is 4.90 Å². The third-order valence-electron chi connectivity index (χ3n) is 5.20. The monoisotopic (exact) mass is 344 g/mol. The first-order valence-corrected chi connectivity index (χ1v) is 9.24. The van der Waals surface area contributed by atoms with E-state index >= 15 is 0 Å². The molecule has 0 N–H and O–H groups in total. The Balaban J connectivity index is 1.43. The van der Waals surface area contributed by atoms with Gasteiger partial charge in [-0.3, -0.25) is 4.98 Å². The highest BCUT2D eigenvalue weighted by Crippen LogP contribution is 2.30. The average Bonchev–Trinajstić information content (AvgIpc) is 3.14. The number of anilines is 1. The number of benzene rings is 1. The number of hydrogen-bond donors (Lipinski definition) is 0. The molecule has 5 heteroatoms. The fourth-order valence-electron chi connectivity index (χ4n) is 3.85. The highest BCUT2D eigenvalue weighted by Gasteiger charge is 2.24. The van der Waals surface area contributed by atoms with Gasteiger partial charge in [0.1, 0.15) is 5.82 Å². The number of hydrogen-bond acceptors (Lipinski definition) is 4. The van der Waals surface area contributed by atoms with Gasteiger partial charge in [-0.25, -0.2) is 4.39 Å². The fraction of sp³-hybridized carbons (Fsp3) is 0.550. The Morgan fingerprint density at radius 2 is 2.08 bits per heavy atom. The van der Waals surface area contributed by atoms with Gasteiger partial charge in [-0.2, -0.15) is 0 Å². The second-order valence-corrected chi connectivity index (χ2v) is 7.10. The molecule has 1 atom stereocenters. The van der Waals surface area contributed by atoms with Gasteiger partial charge in [0, 0.05) is 36.5 Å². The maximum Gasteiger partial charge on any atom is 0.124 e. The molecule has 2 fully saturated rings. The van der Waals surface area contributed by atoms with Gasteiger partial charge in [-0.05, 0) is 56.9 Å². The van der Waals surface area contributed by atoms with E-state index in [9.17, 15) is 4.39 Å². The van der Waals surface area contributed by atoms with E-state index in [1.54, 1.807) is 12.1 Å². The van der Waals surface area contributed by atoms with Crippen molar-refractivity contribution in [3.05, 3.63) is 35.8 Å². The van der Waals surface area contributed by atoms with Gasteiger partial charge in [0.15, 0.2) is 0 Å². The lowest BCUT2D eigenvalue weighted by Crippen LogP contribution is -2.38. The summed E-state index contributed by atoms with van der Waals surface area (Å²) in [5.41, 5.74) is 2.90. The van der Waals surface area contributed by atoms with Crippen molar-refractivity contribution in [3.8, 4) is 0 Å². The van der Waals surface area contributed by atoms with Crippen molar-refractivity contribution in [2.45, 2.75) is 44.8 Å². The van der Waals surface area contributed by atoms with Crippen LogP contribution in [-0.4, -0.2) is 43.5 Å². The molecule has 2 saturated heterocycles. The molecule has 134 valence electrons. The number of halogens is 1. The van der Waals surface area contributed by atoms with Crippen LogP contribution in [0.5, 0.6) is 0 Å². The Morgan fingerprint density at radius 1 is 1.24 bits per heavy atom. The molecule has 0 saturated carbocycles. The van der Waals surface area contributed by atoms with E-state index in [0.29, 0.717) is 12.7 Å². The van der Waals surface area contributed by atoms with Gasteiger partial charge < -0.3 is 14.4 Å². The fourth-order valence-corrected chi connectivity index (χ4v) is 3.85. The van der Waals surface area contributed by atoms with Crippen molar-refractivity contribution >= 4 is 16.6 Å². The minimum atomic E-state index is -0.214. The maximum atomic E-state index is 13.7. The summed E-state index contributed by atoms with van der Waals surface area (Å²) in [6, 6.07) is 6.90. The summed E-state index contributed by atoms with van der Waals surface area (Å²) in [6.45, 7) is 5.42. The standard InChI is InChI=1S/C20H25FN2O2/c1-14-11-20(18-12-15(21)4-5-19(18)22-14)23-8-6-16(7-9-23)25-13-17-3-2-10-24-17/h4-5,11-12,16-17H,2-3,6-10,13H2,1H3. The Hall–Kier alpha value is -1.72. The molecule has 2 aliphatic rings. The second-order valence-electron chi connectivity index (χ2n) is 7.10. The molecule has 0 radical (unpaired) electrons. The van der Waals surface area contributed by atoms with Gasteiger partial charge in [0.05, 0.1) is 24.3 Å². The number of ether oxygens (including phenoxy) is 2. The van der Waals surface area contributed by atoms with E-state index in [0.717, 1.165) is 67.7 Å². The minimum Gasteiger partial charge on any atom is -0.376 e. The van der Waals surface area contributed by atoms with Crippen LogP contribution >= 0.6 is 0 Å². The van der Waals surface area contributed by atoms with Crippen molar-refractivity contribution in [2.75, 3.05) is 31.2 Å². The molecule has 4 rings (SSSR count). The summed E-state index contributed by atoms with van der Waals surface area (Å²) < 4.78 is 25.4. The summed E-state index contributed by atoms with van der Waals surface area (Å²) in [5.74, 6) is -0.214. The second kappa shape index (κ2) is 7.26. The van der Waals surface area contributed by atoms with Crippen LogP contribution in [0.3, 0.4) is 0 Å². The SMILES string of the molecule is Cc1cc(N2CCC(OCC3CCCO3)CC2)c2cc(F)ccc2n1. The quantitative estimate of drug-likeness (QED) is 0.844. The average molecular weight is 344 g/mol. The Bertz CT molecular complexity index is 738. The molecule has 3 heterocycles. The summed E-state index contributed by atoms with van der Waals surface area (Å²) in [7, 11) is 0. The molecule has 2 aromatic rings. The highest BCUT2D eigenvalue weighted by atomic mass is 19.1. The number of aryl methyl sites for hydroxylation is 1. The zero-order valence-electron chi connectivity index (χ0n) is 14.7. The van der Waals surface area contributed by atoms with Crippen LogP contribution in [0.15, 0.2) is 24.3 Å². The van der Waals surface area contributed by atoms with Gasteiger partial charge in [0.25, 0.3) is 0 Å². The van der Waals surface area contributed by atoms with E-state index in [-0.39, 0.29) is 11.9 Å². The Labute approximate surface area is 147 Å². The van der Waals surface area contributed by atoms with Crippen molar-refractivity contribution in [3.63, 3.8) is 0 Å². The highest BCUT2D eigenvalue weighted by molar-refractivity contribution is 5.92. The van der Waals surface area contributed by atoms with Gasteiger partial charge in [-0.15, -0.1) is 0 Å². The molecular weight excluding hydrogens is 319 g/mol. The number of pyridine rings is 1. The smallest absolute Gasteiger partial charge is 0.124 e.